The van der Waals surface area contributed by atoms with Gasteiger partial charge >= 0.3 is 0 Å². The number of carbonyl (C=O) groups excluding carboxylic acids is 2. The van der Waals surface area contributed by atoms with E-state index >= 15 is 0 Å². The lowest BCUT2D eigenvalue weighted by Crippen LogP contribution is -2.43. The molecule has 3 N–H and O–H groups in total. The van der Waals surface area contributed by atoms with E-state index in [1.165, 1.54) is 0 Å². The summed E-state index contributed by atoms with van der Waals surface area (Å²) < 4.78 is 0. The van der Waals surface area contributed by atoms with Crippen molar-refractivity contribution in [2.45, 2.75) is 26.3 Å². The molecule has 2 heterocycles. The summed E-state index contributed by atoms with van der Waals surface area (Å²) in [4.78, 5) is 31.2. The summed E-state index contributed by atoms with van der Waals surface area (Å²) in [5.41, 5.74) is 8.25. The average molecular weight is 389 g/mol. The molecule has 0 aliphatic carbocycles. The molecule has 7 heteroatoms. The lowest BCUT2D eigenvalue weighted by atomic mass is 9.96. The Hall–Kier alpha value is -2.44. The Balaban J connectivity index is 0.00000261. The fourth-order valence-electron chi connectivity index (χ4n) is 3.11. The number of nitrogens with two attached hydrogens (primary N) is 1. The molecule has 2 amide bonds. The molecule has 0 radical (unpaired) electrons. The molecule has 0 bridgehead atoms. The van der Waals surface area contributed by atoms with E-state index in [0.717, 1.165) is 24.0 Å². The van der Waals surface area contributed by atoms with Crippen LogP contribution in [-0.4, -0.2) is 34.8 Å². The van der Waals surface area contributed by atoms with Gasteiger partial charge < -0.3 is 16.0 Å². The van der Waals surface area contributed by atoms with Gasteiger partial charge in [0.2, 0.25) is 5.91 Å². The fourth-order valence-corrected chi connectivity index (χ4v) is 3.11. The molecule has 0 saturated carbocycles. The normalized spacial score (nSPS) is 16.4. The Kier molecular flexibility index (Phi) is 7.33. The predicted molar refractivity (Wildman–Crippen MR) is 108 cm³/mol. The van der Waals surface area contributed by atoms with Crippen molar-refractivity contribution in [3.63, 3.8) is 0 Å². The van der Waals surface area contributed by atoms with E-state index < -0.39 is 0 Å². The Morgan fingerprint density at radius 2 is 1.96 bits per heavy atom. The van der Waals surface area contributed by atoms with Gasteiger partial charge in [-0.25, -0.2) is 4.98 Å². The number of hydrogen-bond donors (Lipinski definition) is 2. The van der Waals surface area contributed by atoms with Crippen LogP contribution in [0.25, 0.3) is 0 Å². The van der Waals surface area contributed by atoms with Crippen LogP contribution in [-0.2, 0) is 11.3 Å². The molecule has 3 rings (SSSR count). The maximum Gasteiger partial charge on any atom is 0.253 e. The first kappa shape index (κ1) is 20.9. The van der Waals surface area contributed by atoms with Gasteiger partial charge in [0.05, 0.1) is 5.92 Å². The number of likely N-dealkylation sites (tertiary alicyclic amines) is 1. The van der Waals surface area contributed by atoms with Crippen LogP contribution < -0.4 is 11.1 Å². The van der Waals surface area contributed by atoms with Gasteiger partial charge in [-0.3, -0.25) is 9.59 Å². The maximum absolute atomic E-state index is 12.7. The van der Waals surface area contributed by atoms with Crippen molar-refractivity contribution >= 4 is 30.0 Å². The second-order valence-electron chi connectivity index (χ2n) is 6.70. The summed E-state index contributed by atoms with van der Waals surface area (Å²) in [6.07, 6.45) is 3.30. The zero-order chi connectivity index (χ0) is 18.5. The first-order valence-corrected chi connectivity index (χ1v) is 8.88. The number of rotatable bonds is 4. The molecule has 1 aliphatic rings. The number of nitrogens with zero attached hydrogens (tertiary/aromatic N) is 2. The number of nitrogens with one attached hydrogen (secondary N) is 1. The fraction of sp³-hybridized carbons (Fsp3) is 0.350. The summed E-state index contributed by atoms with van der Waals surface area (Å²) >= 11 is 0. The third-order valence-electron chi connectivity index (χ3n) is 4.68. The lowest BCUT2D eigenvalue weighted by Gasteiger charge is -2.32. The van der Waals surface area contributed by atoms with Crippen LogP contribution in [0, 0.1) is 12.8 Å². The highest BCUT2D eigenvalue weighted by Crippen LogP contribution is 2.20. The number of hydrogen-bond acceptors (Lipinski definition) is 4. The van der Waals surface area contributed by atoms with Gasteiger partial charge in [-0.2, -0.15) is 0 Å². The van der Waals surface area contributed by atoms with E-state index in [2.05, 4.69) is 10.3 Å². The van der Waals surface area contributed by atoms with Gasteiger partial charge in [0.15, 0.2) is 0 Å². The molecule has 1 aromatic carbocycles. The zero-order valence-corrected chi connectivity index (χ0v) is 16.2. The molecule has 1 aromatic heterocycles. The van der Waals surface area contributed by atoms with Crippen LogP contribution >= 0.6 is 12.4 Å². The number of piperidine rings is 1. The van der Waals surface area contributed by atoms with E-state index in [4.69, 9.17) is 5.73 Å². The number of carbonyl (C=O) groups is 2. The van der Waals surface area contributed by atoms with Gasteiger partial charge in [0.25, 0.3) is 5.91 Å². The summed E-state index contributed by atoms with van der Waals surface area (Å²) in [5, 5.41) is 2.85. The van der Waals surface area contributed by atoms with E-state index in [9.17, 15) is 9.59 Å². The van der Waals surface area contributed by atoms with Crippen molar-refractivity contribution in [2.24, 2.45) is 11.7 Å². The Bertz CT molecular complexity index is 778. The molecule has 144 valence electrons. The predicted octanol–water partition coefficient (Wildman–Crippen LogP) is 2.76. The van der Waals surface area contributed by atoms with Crippen molar-refractivity contribution in [1.29, 1.82) is 0 Å². The zero-order valence-electron chi connectivity index (χ0n) is 15.4. The third-order valence-corrected chi connectivity index (χ3v) is 4.68. The molecule has 6 nitrogen and oxygen atoms in total. The third kappa shape index (κ3) is 5.28. The summed E-state index contributed by atoms with van der Waals surface area (Å²) in [6, 6.07) is 11.0. The number of benzene rings is 1. The number of anilines is 1. The molecule has 1 saturated heterocycles. The maximum atomic E-state index is 12.7. The standard InChI is InChI=1S/C20H24N4O2.ClH/c1-14-4-9-18(22-12-14)23-19(25)17-3-2-10-24(13-17)20(26)16-7-5-15(11-21)6-8-16;/h4-9,12,17H,2-3,10-11,13,21H2,1H3,(H,22,23,25);1H. The van der Waals surface area contributed by atoms with Gasteiger partial charge in [-0.15, -0.1) is 12.4 Å². The monoisotopic (exact) mass is 388 g/mol. The summed E-state index contributed by atoms with van der Waals surface area (Å²) in [7, 11) is 0. The number of aromatic nitrogens is 1. The first-order chi connectivity index (χ1) is 12.6. The highest BCUT2D eigenvalue weighted by molar-refractivity contribution is 5.96. The molecule has 1 fully saturated rings. The van der Waals surface area contributed by atoms with Gasteiger partial charge in [-0.1, -0.05) is 18.2 Å². The van der Waals surface area contributed by atoms with Gasteiger partial charge in [-0.05, 0) is 49.1 Å². The Morgan fingerprint density at radius 1 is 1.22 bits per heavy atom. The largest absolute Gasteiger partial charge is 0.338 e. The van der Waals surface area contributed by atoms with Crippen LogP contribution in [0.4, 0.5) is 5.82 Å². The SMILES string of the molecule is Cc1ccc(NC(=O)C2CCCN(C(=O)c3ccc(CN)cc3)C2)nc1.Cl. The summed E-state index contributed by atoms with van der Waals surface area (Å²) in [6.45, 7) is 3.50. The van der Waals surface area contributed by atoms with Crippen molar-refractivity contribution in [1.82, 2.24) is 9.88 Å². The highest BCUT2D eigenvalue weighted by atomic mass is 35.5. The Morgan fingerprint density at radius 3 is 2.59 bits per heavy atom. The molecule has 0 spiro atoms. The van der Waals surface area contributed by atoms with Crippen LogP contribution in [0.3, 0.4) is 0 Å². The minimum atomic E-state index is -0.223. The molecule has 1 aliphatic heterocycles. The van der Waals surface area contributed by atoms with Crippen molar-refractivity contribution in [2.75, 3.05) is 18.4 Å². The van der Waals surface area contributed by atoms with Crippen LogP contribution in [0.2, 0.25) is 0 Å². The second kappa shape index (κ2) is 9.48. The number of halogens is 1. The molecule has 1 unspecified atom stereocenters. The van der Waals surface area contributed by atoms with Crippen LogP contribution in [0.15, 0.2) is 42.6 Å². The molecular weight excluding hydrogens is 364 g/mol. The van der Waals surface area contributed by atoms with E-state index in [1.54, 1.807) is 29.3 Å². The highest BCUT2D eigenvalue weighted by Gasteiger charge is 2.29. The lowest BCUT2D eigenvalue weighted by molar-refractivity contribution is -0.121. The van der Waals surface area contributed by atoms with Crippen molar-refractivity contribution in [3.8, 4) is 0 Å². The van der Waals surface area contributed by atoms with E-state index in [1.807, 2.05) is 25.1 Å². The van der Waals surface area contributed by atoms with Gasteiger partial charge in [0.1, 0.15) is 5.82 Å². The van der Waals surface area contributed by atoms with E-state index in [-0.39, 0.29) is 30.1 Å². The number of amides is 2. The minimum absolute atomic E-state index is 0. The van der Waals surface area contributed by atoms with Crippen LogP contribution in [0.1, 0.15) is 34.3 Å². The van der Waals surface area contributed by atoms with Crippen molar-refractivity contribution < 1.29 is 9.59 Å². The minimum Gasteiger partial charge on any atom is -0.338 e. The quantitative estimate of drug-likeness (QED) is 0.842. The molecule has 1 atom stereocenters. The van der Waals surface area contributed by atoms with Crippen LogP contribution in [0.5, 0.6) is 0 Å². The molecule has 27 heavy (non-hydrogen) atoms. The topological polar surface area (TPSA) is 88.3 Å². The molecule has 2 aromatic rings. The number of pyridine rings is 1. The second-order valence-corrected chi connectivity index (χ2v) is 6.70. The smallest absolute Gasteiger partial charge is 0.253 e. The van der Waals surface area contributed by atoms with E-state index in [0.29, 0.717) is 31.0 Å². The first-order valence-electron chi connectivity index (χ1n) is 8.88. The Labute approximate surface area is 165 Å². The molecular formula is C20H25ClN4O2. The average Bonchev–Trinajstić information content (AvgIpc) is 2.69. The van der Waals surface area contributed by atoms with Crippen molar-refractivity contribution in [3.05, 3.63) is 59.3 Å². The van der Waals surface area contributed by atoms with Gasteiger partial charge in [0, 0.05) is 31.4 Å². The number of aryl methyl sites for hydroxylation is 1. The summed E-state index contributed by atoms with van der Waals surface area (Å²) in [5.74, 6) is 0.192.